The quantitative estimate of drug-likeness (QED) is 0.152. The monoisotopic (exact) mass is 1070 g/mol. The molecule has 82 heavy (non-hydrogen) atoms. The largest absolute Gasteiger partial charge is 0.457 e. The molecule has 6 heteroatoms. The summed E-state index contributed by atoms with van der Waals surface area (Å²) in [6.45, 7) is 28.2. The van der Waals surface area contributed by atoms with Crippen molar-refractivity contribution in [3.05, 3.63) is 235 Å². The van der Waals surface area contributed by atoms with Crippen LogP contribution in [0.4, 0.5) is 22.7 Å². The van der Waals surface area contributed by atoms with E-state index in [-0.39, 0.29) is 21.7 Å². The van der Waals surface area contributed by atoms with Crippen molar-refractivity contribution in [1.29, 1.82) is 0 Å². The van der Waals surface area contributed by atoms with Crippen molar-refractivity contribution >= 4 is 66.4 Å². The molecule has 0 saturated carbocycles. The molecule has 1 aliphatic rings. The predicted molar refractivity (Wildman–Crippen MR) is 347 cm³/mol. The van der Waals surface area contributed by atoms with E-state index >= 15 is 0 Å². The Morgan fingerprint density at radius 3 is 1.52 bits per heavy atom. The highest BCUT2D eigenvalue weighted by atomic mass is 16.5. The first kappa shape index (κ1) is 52.5. The highest BCUT2D eigenvalue weighted by molar-refractivity contribution is 6.11. The molecule has 0 fully saturated rings. The number of pyridine rings is 1. The highest BCUT2D eigenvalue weighted by Gasteiger charge is 2.31. The second-order valence-corrected chi connectivity index (χ2v) is 26.7. The average molecular weight is 1070 g/mol. The first-order valence-corrected chi connectivity index (χ1v) is 29.0. The van der Waals surface area contributed by atoms with Crippen molar-refractivity contribution in [2.45, 2.75) is 105 Å². The molecule has 0 N–H and O–H groups in total. The number of hydrogen-bond donors (Lipinski definition) is 0. The number of rotatable bonds is 8. The summed E-state index contributed by atoms with van der Waals surface area (Å²) in [6, 6.07) is 75.7. The van der Waals surface area contributed by atoms with E-state index in [2.05, 4.69) is 314 Å². The molecule has 1 aliphatic heterocycles. The zero-order chi connectivity index (χ0) is 57.0. The van der Waals surface area contributed by atoms with Crippen LogP contribution in [0.3, 0.4) is 0 Å². The summed E-state index contributed by atoms with van der Waals surface area (Å²) < 4.78 is 11.7. The predicted octanol–water partition coefficient (Wildman–Crippen LogP) is 20.8. The lowest BCUT2D eigenvalue weighted by molar-refractivity contribution is 0.483. The maximum absolute atomic E-state index is 6.98. The van der Waals surface area contributed by atoms with Gasteiger partial charge in [-0.3, -0.25) is 4.57 Å². The van der Waals surface area contributed by atoms with Gasteiger partial charge in [0.25, 0.3) is 0 Å². The number of benzene rings is 9. The van der Waals surface area contributed by atoms with Gasteiger partial charge in [-0.1, -0.05) is 186 Å². The smallest absolute Gasteiger partial charge is 0.137 e. The normalized spacial score (nSPS) is 13.3. The fourth-order valence-electron chi connectivity index (χ4n) is 12.2. The fourth-order valence-corrected chi connectivity index (χ4v) is 12.2. The minimum atomic E-state index is -0.176. The summed E-state index contributed by atoms with van der Waals surface area (Å²) >= 11 is 0. The van der Waals surface area contributed by atoms with E-state index in [0.717, 1.165) is 72.9 Å². The van der Waals surface area contributed by atoms with Gasteiger partial charge >= 0.3 is 0 Å². The molecule has 13 rings (SSSR count). The minimum absolute atomic E-state index is 0.000462. The number of aromatic nitrogens is 3. The van der Waals surface area contributed by atoms with Crippen LogP contribution in [-0.4, -0.2) is 20.8 Å². The van der Waals surface area contributed by atoms with Crippen molar-refractivity contribution in [3.8, 4) is 45.3 Å². The van der Waals surface area contributed by atoms with E-state index in [1.54, 1.807) is 0 Å². The Bertz CT molecular complexity index is 4350. The maximum Gasteiger partial charge on any atom is 0.137 e. The molecule has 12 aromatic rings. The second kappa shape index (κ2) is 19.4. The SMILES string of the molecule is CC(C)(C)c1ccc(-c2cnc(-n3c4ccc(-c5ccc(-n6c7ccccc7c7ccccc76)cc5)cc4c4ccc(Oc5cccc(N6CN(c7cc(C(C)(C)C)cc(C(C)(C)C)c7)c7ccccc76)c5)cc43)cc2C(C)(C)C)cc1. The van der Waals surface area contributed by atoms with E-state index in [0.29, 0.717) is 6.67 Å². The summed E-state index contributed by atoms with van der Waals surface area (Å²) in [5, 5.41) is 4.79. The Kier molecular flexibility index (Phi) is 12.4. The van der Waals surface area contributed by atoms with Crippen LogP contribution in [0, 0.1) is 0 Å². The zero-order valence-electron chi connectivity index (χ0n) is 49.6. The number of hydrogen-bond acceptors (Lipinski definition) is 4. The number of anilines is 4. The van der Waals surface area contributed by atoms with Crippen LogP contribution in [0.15, 0.2) is 212 Å². The third-order valence-electron chi connectivity index (χ3n) is 16.8. The van der Waals surface area contributed by atoms with Gasteiger partial charge in [-0.2, -0.15) is 0 Å². The first-order valence-electron chi connectivity index (χ1n) is 29.0. The molecule has 9 aromatic carbocycles. The third kappa shape index (κ3) is 9.38. The van der Waals surface area contributed by atoms with E-state index in [4.69, 9.17) is 9.72 Å². The van der Waals surface area contributed by atoms with Gasteiger partial charge in [0.2, 0.25) is 0 Å². The lowest BCUT2D eigenvalue weighted by Crippen LogP contribution is -2.25. The van der Waals surface area contributed by atoms with Gasteiger partial charge in [0.1, 0.15) is 24.0 Å². The maximum atomic E-state index is 6.98. The number of para-hydroxylation sites is 4. The van der Waals surface area contributed by atoms with Gasteiger partial charge in [-0.05, 0) is 152 Å². The molecule has 3 aromatic heterocycles. The first-order chi connectivity index (χ1) is 39.2. The lowest BCUT2D eigenvalue weighted by atomic mass is 9.80. The standard InChI is InChI=1S/C76H73N5O/c1-73(2,3)52-33-28-50(29-34-52)64-47-77-72(46-65(64)76(10,11)12)81-68-39-32-51(49-30-35-55(36-31-49)80-66-24-15-13-22-60(66)61-23-14-16-25-67(61)80)40-63(68)62-38-37-59(45-71(62)81)82-58-21-19-20-56(44-58)78-48-79(70-27-18-17-26-69(70)78)57-42-53(74(4,5)6)41-54(43-57)75(7,8)9/h13-47H,48H2,1-12H3. The van der Waals surface area contributed by atoms with Crippen molar-refractivity contribution < 1.29 is 4.74 Å². The molecule has 0 aliphatic carbocycles. The molecule has 6 nitrogen and oxygen atoms in total. The summed E-state index contributed by atoms with van der Waals surface area (Å²) in [4.78, 5) is 10.2. The Morgan fingerprint density at radius 2 is 0.902 bits per heavy atom. The van der Waals surface area contributed by atoms with Gasteiger partial charge in [0.05, 0.1) is 33.4 Å². The van der Waals surface area contributed by atoms with Crippen molar-refractivity contribution in [2.75, 3.05) is 16.5 Å². The Balaban J connectivity index is 0.895. The fraction of sp³-hybridized carbons (Fsp3) is 0.224. The van der Waals surface area contributed by atoms with Crippen LogP contribution in [0.1, 0.15) is 105 Å². The highest BCUT2D eigenvalue weighted by Crippen LogP contribution is 2.47. The van der Waals surface area contributed by atoms with Crippen LogP contribution in [-0.2, 0) is 21.7 Å². The van der Waals surface area contributed by atoms with Gasteiger partial charge in [0.15, 0.2) is 0 Å². The van der Waals surface area contributed by atoms with E-state index in [1.165, 1.54) is 61.0 Å². The van der Waals surface area contributed by atoms with Crippen LogP contribution in [0.25, 0.3) is 77.4 Å². The Morgan fingerprint density at radius 1 is 0.354 bits per heavy atom. The third-order valence-corrected chi connectivity index (χ3v) is 16.8. The molecule has 0 amide bonds. The summed E-state index contributed by atoms with van der Waals surface area (Å²) in [6.07, 6.45) is 2.08. The summed E-state index contributed by atoms with van der Waals surface area (Å²) in [5.41, 5.74) is 20.0. The molecule has 4 heterocycles. The van der Waals surface area contributed by atoms with Gasteiger partial charge < -0.3 is 19.1 Å². The van der Waals surface area contributed by atoms with Crippen molar-refractivity contribution in [3.63, 3.8) is 0 Å². The molecule has 0 radical (unpaired) electrons. The second-order valence-electron chi connectivity index (χ2n) is 26.7. The van der Waals surface area contributed by atoms with Crippen molar-refractivity contribution in [2.24, 2.45) is 0 Å². The van der Waals surface area contributed by atoms with Crippen LogP contribution >= 0.6 is 0 Å². The summed E-state index contributed by atoms with van der Waals surface area (Å²) in [7, 11) is 0. The summed E-state index contributed by atoms with van der Waals surface area (Å²) in [5.74, 6) is 2.38. The van der Waals surface area contributed by atoms with Crippen LogP contribution in [0.5, 0.6) is 11.5 Å². The topological polar surface area (TPSA) is 38.5 Å². The Labute approximate surface area is 483 Å². The minimum Gasteiger partial charge on any atom is -0.457 e. The van der Waals surface area contributed by atoms with Gasteiger partial charge in [0, 0.05) is 62.5 Å². The molecule has 408 valence electrons. The van der Waals surface area contributed by atoms with Gasteiger partial charge in [-0.25, -0.2) is 4.98 Å². The molecular weight excluding hydrogens is 999 g/mol. The zero-order valence-corrected chi connectivity index (χ0v) is 49.6. The van der Waals surface area contributed by atoms with Crippen LogP contribution < -0.4 is 14.5 Å². The lowest BCUT2D eigenvalue weighted by Gasteiger charge is -2.29. The molecule has 0 atom stereocenters. The molecule has 0 bridgehead atoms. The number of ether oxygens (including phenoxy) is 1. The van der Waals surface area contributed by atoms with Gasteiger partial charge in [-0.15, -0.1) is 0 Å². The van der Waals surface area contributed by atoms with E-state index < -0.39 is 0 Å². The Hall–Kier alpha value is -8.87. The number of nitrogens with zero attached hydrogens (tertiary/aromatic N) is 5. The molecular formula is C76H73N5O. The van der Waals surface area contributed by atoms with Crippen molar-refractivity contribution in [1.82, 2.24) is 14.1 Å². The number of fused-ring (bicyclic) bond motifs is 7. The molecule has 0 unspecified atom stereocenters. The van der Waals surface area contributed by atoms with Crippen LogP contribution in [0.2, 0.25) is 0 Å². The molecule has 0 spiro atoms. The van der Waals surface area contributed by atoms with E-state index in [1.807, 2.05) is 0 Å². The molecule has 0 saturated heterocycles. The average Bonchev–Trinajstić information content (AvgIpc) is 3.96. The van der Waals surface area contributed by atoms with E-state index in [9.17, 15) is 0 Å².